The van der Waals surface area contributed by atoms with Crippen LogP contribution in [0.4, 0.5) is 35.1 Å². The summed E-state index contributed by atoms with van der Waals surface area (Å²) in [6, 6.07) is 0. The highest BCUT2D eigenvalue weighted by molar-refractivity contribution is 7.86. The lowest BCUT2D eigenvalue weighted by molar-refractivity contribution is -0.360. The molecule has 0 fully saturated rings. The maximum absolute atomic E-state index is 13.5. The summed E-state index contributed by atoms with van der Waals surface area (Å²) in [7, 11) is -6.40. The largest absolute Gasteiger partial charge is 0.468 e. The van der Waals surface area contributed by atoms with Crippen molar-refractivity contribution in [3.8, 4) is 0 Å². The Hall–Kier alpha value is -2.01. The zero-order valence-corrected chi connectivity index (χ0v) is 15.6. The molecular weight excluding hydrogens is 468 g/mol. The van der Waals surface area contributed by atoms with E-state index in [1.165, 1.54) is 6.92 Å². The van der Waals surface area contributed by atoms with Gasteiger partial charge in [-0.15, -0.1) is 0 Å². The third kappa shape index (κ3) is 6.76. The summed E-state index contributed by atoms with van der Waals surface area (Å²) in [6.07, 6.45) is -11.9. The first-order chi connectivity index (χ1) is 13.2. The van der Waals surface area contributed by atoms with Crippen molar-refractivity contribution in [2.24, 2.45) is 0 Å². The summed E-state index contributed by atoms with van der Waals surface area (Å²) in [4.78, 5) is 23.3. The van der Waals surface area contributed by atoms with Crippen LogP contribution in [-0.4, -0.2) is 61.5 Å². The molecule has 0 aliphatic rings. The Balaban J connectivity index is 6.25. The van der Waals surface area contributed by atoms with Crippen LogP contribution in [0.5, 0.6) is 0 Å². The summed E-state index contributed by atoms with van der Waals surface area (Å²) < 4.78 is 145. The molecule has 0 aromatic heterocycles. The molecule has 0 radical (unpaired) electrons. The van der Waals surface area contributed by atoms with E-state index in [-0.39, 0.29) is 12.8 Å². The van der Waals surface area contributed by atoms with E-state index >= 15 is 0 Å². The lowest BCUT2D eigenvalue weighted by atomic mass is 10.2. The first-order valence-electron chi connectivity index (χ1n) is 7.45. The van der Waals surface area contributed by atoms with Gasteiger partial charge in [-0.05, 0) is 6.42 Å². The number of carbonyl (C=O) groups excluding carboxylic acids is 2. The average molecular weight is 482 g/mol. The first kappa shape index (κ1) is 28.0. The van der Waals surface area contributed by atoms with Gasteiger partial charge >= 0.3 is 45.5 Å². The minimum Gasteiger partial charge on any atom is -0.461 e. The number of hydrogen-bond acceptors (Lipinski definition) is 7. The Bertz CT molecular complexity index is 758. The van der Waals surface area contributed by atoms with Crippen LogP contribution in [-0.2, 0) is 33.9 Å². The fourth-order valence-corrected chi connectivity index (χ4v) is 1.57. The van der Waals surface area contributed by atoms with Gasteiger partial charge in [0, 0.05) is 0 Å². The summed E-state index contributed by atoms with van der Waals surface area (Å²) in [6.45, 7) is -0.199. The zero-order chi connectivity index (χ0) is 24.2. The Morgan fingerprint density at radius 2 is 1.53 bits per heavy atom. The average Bonchev–Trinajstić information content (AvgIpc) is 2.54. The molecule has 0 spiro atoms. The minimum atomic E-state index is -6.40. The van der Waals surface area contributed by atoms with Gasteiger partial charge in [-0.25, -0.2) is 9.59 Å². The fourth-order valence-electron chi connectivity index (χ4n) is 1.36. The van der Waals surface area contributed by atoms with Crippen molar-refractivity contribution in [1.82, 2.24) is 0 Å². The van der Waals surface area contributed by atoms with Crippen LogP contribution in [0.1, 0.15) is 19.8 Å². The van der Waals surface area contributed by atoms with Crippen LogP contribution in [0, 0.1) is 0 Å². The lowest BCUT2D eigenvalue weighted by Gasteiger charge is -2.33. The molecule has 0 aliphatic carbocycles. The van der Waals surface area contributed by atoms with Crippen molar-refractivity contribution in [2.45, 2.75) is 43.2 Å². The van der Waals surface area contributed by atoms with Gasteiger partial charge < -0.3 is 14.2 Å². The molecule has 8 nitrogen and oxygen atoms in total. The first-order valence-corrected chi connectivity index (χ1v) is 8.89. The quantitative estimate of drug-likeness (QED) is 0.126. The van der Waals surface area contributed by atoms with Crippen LogP contribution in [0.15, 0.2) is 12.2 Å². The van der Waals surface area contributed by atoms with Crippen molar-refractivity contribution in [2.75, 3.05) is 13.2 Å². The second-order valence-corrected chi connectivity index (χ2v) is 6.92. The Morgan fingerprint density at radius 3 is 1.90 bits per heavy atom. The van der Waals surface area contributed by atoms with Crippen LogP contribution >= 0.6 is 0 Å². The van der Waals surface area contributed by atoms with Gasteiger partial charge in [0.1, 0.15) is 12.2 Å². The van der Waals surface area contributed by atoms with Gasteiger partial charge in [0.2, 0.25) is 0 Å². The standard InChI is InChI=1S/C13H14F8O8S/c1-3-4-5-27-9(23)11(13(19,20)21,28-6-10(14,15)30(24,25)26)29-8(22)7(2)12(16,17)18/h2-6H2,1H3,(H,24,25,26). The Kier molecular flexibility index (Phi) is 8.79. The number of carbonyl (C=O) groups is 2. The number of esters is 2. The maximum Gasteiger partial charge on any atom is 0.468 e. The van der Waals surface area contributed by atoms with E-state index in [0.29, 0.717) is 0 Å². The predicted molar refractivity (Wildman–Crippen MR) is 78.4 cm³/mol. The molecule has 176 valence electrons. The molecule has 0 saturated carbocycles. The van der Waals surface area contributed by atoms with Crippen molar-refractivity contribution in [3.63, 3.8) is 0 Å². The zero-order valence-electron chi connectivity index (χ0n) is 14.8. The van der Waals surface area contributed by atoms with E-state index < -0.39 is 64.2 Å². The molecule has 0 bridgehead atoms. The molecule has 30 heavy (non-hydrogen) atoms. The van der Waals surface area contributed by atoms with Gasteiger partial charge in [-0.3, -0.25) is 4.55 Å². The number of unbranched alkanes of at least 4 members (excludes halogenated alkanes) is 1. The molecule has 1 unspecified atom stereocenters. The van der Waals surface area contributed by atoms with E-state index in [1.807, 2.05) is 0 Å². The molecule has 1 atom stereocenters. The lowest BCUT2D eigenvalue weighted by Crippen LogP contribution is -2.60. The molecule has 0 aromatic carbocycles. The third-order valence-corrected chi connectivity index (χ3v) is 3.89. The van der Waals surface area contributed by atoms with E-state index in [1.54, 1.807) is 0 Å². The number of ether oxygens (including phenoxy) is 3. The van der Waals surface area contributed by atoms with E-state index in [2.05, 4.69) is 20.8 Å². The minimum absolute atomic E-state index is 0.107. The second-order valence-electron chi connectivity index (χ2n) is 5.37. The summed E-state index contributed by atoms with van der Waals surface area (Å²) in [5, 5.41) is -5.49. The highest BCUT2D eigenvalue weighted by atomic mass is 32.2. The molecule has 1 N–H and O–H groups in total. The maximum atomic E-state index is 13.5. The number of hydrogen-bond donors (Lipinski definition) is 1. The van der Waals surface area contributed by atoms with Crippen LogP contribution in [0.25, 0.3) is 0 Å². The van der Waals surface area contributed by atoms with Crippen LogP contribution in [0.2, 0.25) is 0 Å². The van der Waals surface area contributed by atoms with Crippen molar-refractivity contribution in [1.29, 1.82) is 0 Å². The molecule has 0 saturated heterocycles. The van der Waals surface area contributed by atoms with Gasteiger partial charge in [0.05, 0.1) is 6.61 Å². The summed E-state index contributed by atoms with van der Waals surface area (Å²) >= 11 is 0. The third-order valence-electron chi connectivity index (χ3n) is 3.02. The van der Waals surface area contributed by atoms with Crippen molar-refractivity contribution < 1.29 is 71.9 Å². The highest BCUT2D eigenvalue weighted by Crippen LogP contribution is 2.39. The second kappa shape index (κ2) is 9.42. The SMILES string of the molecule is C=C(C(=O)OC(OCC(F)(F)S(=O)(=O)O)(C(=O)OCCCC)C(F)(F)F)C(F)(F)F. The van der Waals surface area contributed by atoms with Crippen LogP contribution < -0.4 is 0 Å². The smallest absolute Gasteiger partial charge is 0.461 e. The monoisotopic (exact) mass is 482 g/mol. The summed E-state index contributed by atoms with van der Waals surface area (Å²) in [5.74, 6) is -11.0. The number of rotatable bonds is 10. The van der Waals surface area contributed by atoms with E-state index in [0.717, 1.165) is 0 Å². The molecule has 0 aliphatic heterocycles. The molecular formula is C13H14F8O8S. The van der Waals surface area contributed by atoms with Crippen LogP contribution in [0.3, 0.4) is 0 Å². The number of alkyl halides is 8. The van der Waals surface area contributed by atoms with Gasteiger partial charge in [0.15, 0.2) is 0 Å². The van der Waals surface area contributed by atoms with Gasteiger partial charge in [0.25, 0.3) is 0 Å². The fraction of sp³-hybridized carbons (Fsp3) is 0.692. The van der Waals surface area contributed by atoms with E-state index in [9.17, 15) is 53.1 Å². The van der Waals surface area contributed by atoms with Crippen molar-refractivity contribution >= 4 is 22.1 Å². The predicted octanol–water partition coefficient (Wildman–Crippen LogP) is 2.75. The topological polar surface area (TPSA) is 116 Å². The highest BCUT2D eigenvalue weighted by Gasteiger charge is 2.69. The van der Waals surface area contributed by atoms with Gasteiger partial charge in [-0.1, -0.05) is 19.9 Å². The van der Waals surface area contributed by atoms with E-state index in [4.69, 9.17) is 4.55 Å². The Morgan fingerprint density at radius 1 is 1.03 bits per heavy atom. The molecule has 0 aromatic rings. The summed E-state index contributed by atoms with van der Waals surface area (Å²) in [5.41, 5.74) is -2.58. The molecule has 0 rings (SSSR count). The van der Waals surface area contributed by atoms with Crippen molar-refractivity contribution in [3.05, 3.63) is 12.2 Å². The molecule has 0 heterocycles. The molecule has 17 heteroatoms. The van der Waals surface area contributed by atoms with Gasteiger partial charge in [-0.2, -0.15) is 43.5 Å². The molecule has 0 amide bonds. The number of halogens is 8. The normalized spacial score (nSPS) is 15.3. The Labute approximate surface area is 163 Å².